The van der Waals surface area contributed by atoms with Crippen molar-refractivity contribution in [3.05, 3.63) is 35.4 Å². The fraction of sp³-hybridized carbons (Fsp3) is 0.704. The van der Waals surface area contributed by atoms with E-state index in [1.807, 2.05) is 0 Å². The topological polar surface area (TPSA) is 52.6 Å². The van der Waals surface area contributed by atoms with Crippen LogP contribution in [0.2, 0.25) is 0 Å². The highest BCUT2D eigenvalue weighted by atomic mass is 16.5. The van der Waals surface area contributed by atoms with Crippen LogP contribution in [0, 0.1) is 5.92 Å². The van der Waals surface area contributed by atoms with Crippen LogP contribution in [0.15, 0.2) is 24.3 Å². The van der Waals surface area contributed by atoms with Gasteiger partial charge in [-0.2, -0.15) is 0 Å². The molecule has 4 nitrogen and oxygen atoms in total. The molecule has 1 rings (SSSR count). The zero-order valence-electron chi connectivity index (χ0n) is 20.1. The van der Waals surface area contributed by atoms with Crippen molar-refractivity contribution >= 4 is 11.9 Å². The Morgan fingerprint density at radius 1 is 0.677 bits per heavy atom. The summed E-state index contributed by atoms with van der Waals surface area (Å²) in [6.07, 6.45) is 15.1. The van der Waals surface area contributed by atoms with Crippen LogP contribution in [0.1, 0.15) is 125 Å². The summed E-state index contributed by atoms with van der Waals surface area (Å²) in [6, 6.07) is 6.77. The largest absolute Gasteiger partial charge is 0.462 e. The highest BCUT2D eigenvalue weighted by Gasteiger charge is 2.18. The van der Waals surface area contributed by atoms with Crippen LogP contribution in [0.4, 0.5) is 0 Å². The molecule has 0 aromatic heterocycles. The lowest BCUT2D eigenvalue weighted by Gasteiger charge is -2.10. The van der Waals surface area contributed by atoms with Crippen molar-refractivity contribution in [3.8, 4) is 0 Å². The first-order valence-corrected chi connectivity index (χ1v) is 12.5. The summed E-state index contributed by atoms with van der Waals surface area (Å²) >= 11 is 0. The first-order chi connectivity index (χ1) is 15.1. The maximum Gasteiger partial charge on any atom is 0.339 e. The zero-order chi connectivity index (χ0) is 22.7. The molecule has 0 saturated carbocycles. The molecule has 0 saturated heterocycles. The summed E-state index contributed by atoms with van der Waals surface area (Å²) in [6.45, 7) is 7.52. The van der Waals surface area contributed by atoms with E-state index < -0.39 is 11.9 Å². The Balaban J connectivity index is 2.26. The standard InChI is InChI=1S/C27H44O4/c1-4-5-6-7-11-16-21-30-26(28)24-19-14-15-20-25(24)27(29)31-22-17-12-9-8-10-13-18-23(2)3/h14-15,19-20,23H,4-13,16-18,21-22H2,1-3H3. The lowest BCUT2D eigenvalue weighted by Crippen LogP contribution is -2.15. The van der Waals surface area contributed by atoms with Crippen molar-refractivity contribution in [1.82, 2.24) is 0 Å². The predicted octanol–water partition coefficient (Wildman–Crippen LogP) is 7.75. The average Bonchev–Trinajstić information content (AvgIpc) is 2.76. The van der Waals surface area contributed by atoms with Crippen molar-refractivity contribution in [3.63, 3.8) is 0 Å². The van der Waals surface area contributed by atoms with Gasteiger partial charge in [0, 0.05) is 0 Å². The molecular formula is C27H44O4. The van der Waals surface area contributed by atoms with E-state index in [0.717, 1.165) is 31.6 Å². The van der Waals surface area contributed by atoms with E-state index in [2.05, 4.69) is 20.8 Å². The van der Waals surface area contributed by atoms with Crippen LogP contribution >= 0.6 is 0 Å². The van der Waals surface area contributed by atoms with Crippen LogP contribution in [-0.4, -0.2) is 25.2 Å². The number of rotatable bonds is 18. The second-order valence-electron chi connectivity index (χ2n) is 8.89. The van der Waals surface area contributed by atoms with Gasteiger partial charge in [-0.3, -0.25) is 0 Å². The van der Waals surface area contributed by atoms with Crippen LogP contribution in [0.25, 0.3) is 0 Å². The van der Waals surface area contributed by atoms with Gasteiger partial charge in [0.1, 0.15) is 0 Å². The van der Waals surface area contributed by atoms with Crippen molar-refractivity contribution in [2.75, 3.05) is 13.2 Å². The third kappa shape index (κ3) is 13.2. The highest BCUT2D eigenvalue weighted by Crippen LogP contribution is 2.14. The Hall–Kier alpha value is -1.84. The Kier molecular flexibility index (Phi) is 15.6. The van der Waals surface area contributed by atoms with E-state index >= 15 is 0 Å². The van der Waals surface area contributed by atoms with E-state index in [1.54, 1.807) is 24.3 Å². The van der Waals surface area contributed by atoms with Crippen molar-refractivity contribution in [2.45, 2.75) is 104 Å². The number of benzene rings is 1. The molecule has 0 radical (unpaired) electrons. The van der Waals surface area contributed by atoms with E-state index in [4.69, 9.17) is 9.47 Å². The van der Waals surface area contributed by atoms with Crippen molar-refractivity contribution in [2.24, 2.45) is 5.92 Å². The molecule has 0 aliphatic rings. The van der Waals surface area contributed by atoms with Crippen LogP contribution < -0.4 is 0 Å². The second kappa shape index (κ2) is 17.8. The second-order valence-corrected chi connectivity index (χ2v) is 8.89. The fourth-order valence-corrected chi connectivity index (χ4v) is 3.57. The number of hydrogen-bond acceptors (Lipinski definition) is 4. The number of hydrogen-bond donors (Lipinski definition) is 0. The third-order valence-corrected chi connectivity index (χ3v) is 5.51. The molecular weight excluding hydrogens is 388 g/mol. The number of carbonyl (C=O) groups is 2. The first kappa shape index (κ1) is 27.2. The van der Waals surface area contributed by atoms with Crippen molar-refractivity contribution in [1.29, 1.82) is 0 Å². The molecule has 31 heavy (non-hydrogen) atoms. The Labute approximate surface area is 190 Å². The highest BCUT2D eigenvalue weighted by molar-refractivity contribution is 6.03. The van der Waals surface area contributed by atoms with Crippen LogP contribution in [0.5, 0.6) is 0 Å². The number of esters is 2. The summed E-state index contributed by atoms with van der Waals surface area (Å²) in [5, 5.41) is 0. The zero-order valence-corrected chi connectivity index (χ0v) is 20.1. The summed E-state index contributed by atoms with van der Waals surface area (Å²) in [7, 11) is 0. The lowest BCUT2D eigenvalue weighted by molar-refractivity contribution is 0.0450. The quantitative estimate of drug-likeness (QED) is 0.176. The molecule has 0 aliphatic heterocycles. The molecule has 0 spiro atoms. The Morgan fingerprint density at radius 2 is 1.10 bits per heavy atom. The van der Waals surface area contributed by atoms with Gasteiger partial charge >= 0.3 is 11.9 Å². The molecule has 1 aromatic rings. The van der Waals surface area contributed by atoms with Crippen LogP contribution in [0.3, 0.4) is 0 Å². The molecule has 0 bridgehead atoms. The van der Waals surface area contributed by atoms with Gasteiger partial charge < -0.3 is 9.47 Å². The van der Waals surface area contributed by atoms with E-state index in [1.165, 1.54) is 57.8 Å². The minimum absolute atomic E-state index is 0.295. The van der Waals surface area contributed by atoms with Gasteiger partial charge in [-0.05, 0) is 30.9 Å². The minimum Gasteiger partial charge on any atom is -0.462 e. The normalized spacial score (nSPS) is 11.0. The van der Waals surface area contributed by atoms with Gasteiger partial charge in [-0.25, -0.2) is 9.59 Å². The lowest BCUT2D eigenvalue weighted by atomic mass is 10.0. The molecule has 0 N–H and O–H groups in total. The molecule has 0 heterocycles. The smallest absolute Gasteiger partial charge is 0.339 e. The molecule has 0 atom stereocenters. The van der Waals surface area contributed by atoms with E-state index in [0.29, 0.717) is 24.3 Å². The molecule has 4 heteroatoms. The summed E-state index contributed by atoms with van der Waals surface area (Å²) < 4.78 is 10.8. The summed E-state index contributed by atoms with van der Waals surface area (Å²) in [5.41, 5.74) is 0.591. The summed E-state index contributed by atoms with van der Waals surface area (Å²) in [5.74, 6) is -0.0957. The number of unbranched alkanes of at least 4 members (excludes halogenated alkanes) is 10. The van der Waals surface area contributed by atoms with E-state index in [-0.39, 0.29) is 0 Å². The molecule has 0 amide bonds. The third-order valence-electron chi connectivity index (χ3n) is 5.51. The maximum absolute atomic E-state index is 12.5. The number of ether oxygens (including phenoxy) is 2. The van der Waals surface area contributed by atoms with E-state index in [9.17, 15) is 9.59 Å². The minimum atomic E-state index is -0.442. The van der Waals surface area contributed by atoms with Crippen LogP contribution in [-0.2, 0) is 9.47 Å². The monoisotopic (exact) mass is 432 g/mol. The van der Waals surface area contributed by atoms with Gasteiger partial charge in [-0.1, -0.05) is 104 Å². The maximum atomic E-state index is 12.5. The van der Waals surface area contributed by atoms with Gasteiger partial charge in [0.15, 0.2) is 0 Å². The molecule has 0 unspecified atom stereocenters. The molecule has 176 valence electrons. The van der Waals surface area contributed by atoms with Gasteiger partial charge in [0.25, 0.3) is 0 Å². The molecule has 0 fully saturated rings. The first-order valence-electron chi connectivity index (χ1n) is 12.5. The Bertz CT molecular complexity index is 609. The average molecular weight is 433 g/mol. The summed E-state index contributed by atoms with van der Waals surface area (Å²) in [4.78, 5) is 24.9. The molecule has 1 aromatic carbocycles. The Morgan fingerprint density at radius 3 is 1.55 bits per heavy atom. The van der Waals surface area contributed by atoms with Gasteiger partial charge in [-0.15, -0.1) is 0 Å². The fourth-order valence-electron chi connectivity index (χ4n) is 3.57. The van der Waals surface area contributed by atoms with Gasteiger partial charge in [0.05, 0.1) is 24.3 Å². The number of carbonyl (C=O) groups excluding carboxylic acids is 2. The molecule has 0 aliphatic carbocycles. The van der Waals surface area contributed by atoms with Gasteiger partial charge in [0.2, 0.25) is 0 Å². The predicted molar refractivity (Wildman–Crippen MR) is 128 cm³/mol. The SMILES string of the molecule is CCCCCCCCOC(=O)c1ccccc1C(=O)OCCCCCCCCC(C)C. The van der Waals surface area contributed by atoms with Crippen molar-refractivity contribution < 1.29 is 19.1 Å².